The first-order chi connectivity index (χ1) is 7.54. The molecule has 0 aliphatic rings. The predicted octanol–water partition coefficient (Wildman–Crippen LogP) is 2.11. The summed E-state index contributed by atoms with van der Waals surface area (Å²) in [7, 11) is 0. The maximum absolute atomic E-state index is 11.6. The van der Waals surface area contributed by atoms with Gasteiger partial charge < -0.3 is 11.1 Å². The number of hydrogen-bond acceptors (Lipinski definition) is 2. The quantitative estimate of drug-likeness (QED) is 0.847. The Labute approximate surface area is 101 Å². The Balaban J connectivity index is 2.62. The number of carbonyl (C=O) groups excluding carboxylic acids is 1. The molecule has 1 amide bonds. The van der Waals surface area contributed by atoms with Gasteiger partial charge in [0.05, 0.1) is 6.04 Å². The largest absolute Gasteiger partial charge is 0.349 e. The molecule has 16 heavy (non-hydrogen) atoms. The van der Waals surface area contributed by atoms with E-state index in [2.05, 4.69) is 5.32 Å². The Kier molecular flexibility index (Phi) is 4.77. The lowest BCUT2D eigenvalue weighted by Crippen LogP contribution is -2.34. The van der Waals surface area contributed by atoms with Crippen LogP contribution < -0.4 is 11.1 Å². The van der Waals surface area contributed by atoms with Crippen LogP contribution in [0.1, 0.15) is 25.5 Å². The molecule has 0 bridgehead atoms. The number of amides is 1. The van der Waals surface area contributed by atoms with Crippen LogP contribution in [0.25, 0.3) is 0 Å². The third-order valence-corrected chi connectivity index (χ3v) is 2.78. The van der Waals surface area contributed by atoms with Crippen LogP contribution in [-0.4, -0.2) is 12.5 Å². The number of nitrogens with one attached hydrogen (secondary N) is 1. The second-order valence-electron chi connectivity index (χ2n) is 3.92. The smallest absolute Gasteiger partial charge is 0.224 e. The van der Waals surface area contributed by atoms with Crippen LogP contribution in [0.2, 0.25) is 5.02 Å². The molecule has 0 radical (unpaired) electrons. The number of benzene rings is 1. The van der Waals surface area contributed by atoms with Crippen LogP contribution in [0.15, 0.2) is 24.3 Å². The molecule has 1 aromatic rings. The van der Waals surface area contributed by atoms with Gasteiger partial charge in [-0.1, -0.05) is 30.7 Å². The molecule has 0 aromatic heterocycles. The fourth-order valence-corrected chi connectivity index (χ4v) is 1.42. The van der Waals surface area contributed by atoms with Gasteiger partial charge in [0.15, 0.2) is 0 Å². The Morgan fingerprint density at radius 3 is 2.44 bits per heavy atom. The minimum Gasteiger partial charge on any atom is -0.349 e. The molecule has 1 aromatic carbocycles. The first-order valence-electron chi connectivity index (χ1n) is 5.30. The molecule has 0 aliphatic heterocycles. The van der Waals surface area contributed by atoms with E-state index in [1.807, 2.05) is 38.1 Å². The van der Waals surface area contributed by atoms with E-state index >= 15 is 0 Å². The van der Waals surface area contributed by atoms with Crippen LogP contribution >= 0.6 is 11.6 Å². The maximum Gasteiger partial charge on any atom is 0.224 e. The van der Waals surface area contributed by atoms with Gasteiger partial charge in [-0.05, 0) is 24.6 Å². The van der Waals surface area contributed by atoms with Gasteiger partial charge >= 0.3 is 0 Å². The summed E-state index contributed by atoms with van der Waals surface area (Å²) in [6, 6.07) is 7.40. The molecule has 88 valence electrons. The summed E-state index contributed by atoms with van der Waals surface area (Å²) in [4.78, 5) is 11.6. The molecule has 0 aliphatic carbocycles. The van der Waals surface area contributed by atoms with Crippen molar-refractivity contribution in [1.29, 1.82) is 0 Å². The Morgan fingerprint density at radius 1 is 1.38 bits per heavy atom. The van der Waals surface area contributed by atoms with Gasteiger partial charge in [0.2, 0.25) is 5.91 Å². The van der Waals surface area contributed by atoms with Gasteiger partial charge in [0.25, 0.3) is 0 Å². The summed E-state index contributed by atoms with van der Waals surface area (Å²) in [6.45, 7) is 4.10. The summed E-state index contributed by atoms with van der Waals surface area (Å²) < 4.78 is 0. The van der Waals surface area contributed by atoms with Gasteiger partial charge in [-0.15, -0.1) is 0 Å². The molecule has 0 saturated heterocycles. The second-order valence-corrected chi connectivity index (χ2v) is 4.36. The van der Waals surface area contributed by atoms with E-state index in [9.17, 15) is 4.79 Å². The standard InChI is InChI=1S/C12H17ClN2O/c1-8(7-14)12(16)15-9(2)10-3-5-11(13)6-4-10/h3-6,8-9H,7,14H2,1-2H3,(H,15,16)/t8?,9-/m0/s1. The highest BCUT2D eigenvalue weighted by atomic mass is 35.5. The molecule has 0 spiro atoms. The summed E-state index contributed by atoms with van der Waals surface area (Å²) in [6.07, 6.45) is 0. The van der Waals surface area contributed by atoms with Crippen molar-refractivity contribution in [3.05, 3.63) is 34.9 Å². The van der Waals surface area contributed by atoms with E-state index in [-0.39, 0.29) is 17.9 Å². The monoisotopic (exact) mass is 240 g/mol. The number of carbonyl (C=O) groups is 1. The van der Waals surface area contributed by atoms with Crippen molar-refractivity contribution in [2.24, 2.45) is 11.7 Å². The molecule has 0 heterocycles. The lowest BCUT2D eigenvalue weighted by molar-refractivity contribution is -0.124. The second kappa shape index (κ2) is 5.87. The summed E-state index contributed by atoms with van der Waals surface area (Å²) in [5, 5.41) is 3.60. The fourth-order valence-electron chi connectivity index (χ4n) is 1.30. The summed E-state index contributed by atoms with van der Waals surface area (Å²) in [5.41, 5.74) is 6.46. The molecular weight excluding hydrogens is 224 g/mol. The lowest BCUT2D eigenvalue weighted by Gasteiger charge is -2.17. The normalized spacial score (nSPS) is 14.2. The molecule has 0 fully saturated rings. The average Bonchev–Trinajstić information content (AvgIpc) is 2.28. The number of halogens is 1. The van der Waals surface area contributed by atoms with Crippen LogP contribution in [0.5, 0.6) is 0 Å². The molecule has 1 rings (SSSR count). The zero-order valence-electron chi connectivity index (χ0n) is 9.53. The van der Waals surface area contributed by atoms with Crippen molar-refractivity contribution in [3.8, 4) is 0 Å². The Bertz CT molecular complexity index is 351. The molecule has 4 heteroatoms. The third-order valence-electron chi connectivity index (χ3n) is 2.53. The molecule has 0 saturated carbocycles. The molecule has 3 nitrogen and oxygen atoms in total. The first kappa shape index (κ1) is 13.0. The number of nitrogens with two attached hydrogens (primary N) is 1. The van der Waals surface area contributed by atoms with E-state index in [1.165, 1.54) is 0 Å². The van der Waals surface area contributed by atoms with Gasteiger partial charge in [-0.25, -0.2) is 0 Å². The molecular formula is C12H17ClN2O. The minimum absolute atomic E-state index is 0.0232. The fraction of sp³-hybridized carbons (Fsp3) is 0.417. The van der Waals surface area contributed by atoms with Gasteiger partial charge in [0.1, 0.15) is 0 Å². The highest BCUT2D eigenvalue weighted by Crippen LogP contribution is 2.16. The topological polar surface area (TPSA) is 55.1 Å². The van der Waals surface area contributed by atoms with Gasteiger partial charge in [-0.3, -0.25) is 4.79 Å². The molecule has 3 N–H and O–H groups in total. The van der Waals surface area contributed by atoms with E-state index in [1.54, 1.807) is 0 Å². The van der Waals surface area contributed by atoms with Crippen molar-refractivity contribution in [2.45, 2.75) is 19.9 Å². The van der Waals surface area contributed by atoms with E-state index < -0.39 is 0 Å². The Morgan fingerprint density at radius 2 is 1.94 bits per heavy atom. The summed E-state index contributed by atoms with van der Waals surface area (Å²) >= 11 is 5.79. The van der Waals surface area contributed by atoms with Crippen LogP contribution in [-0.2, 0) is 4.79 Å². The van der Waals surface area contributed by atoms with E-state index in [4.69, 9.17) is 17.3 Å². The van der Waals surface area contributed by atoms with Crippen LogP contribution in [0.4, 0.5) is 0 Å². The maximum atomic E-state index is 11.6. The SMILES string of the molecule is CC(CN)C(=O)N[C@@H](C)c1ccc(Cl)cc1. The lowest BCUT2D eigenvalue weighted by atomic mass is 10.1. The Hall–Kier alpha value is -1.06. The van der Waals surface area contributed by atoms with Crippen molar-refractivity contribution < 1.29 is 4.79 Å². The average molecular weight is 241 g/mol. The summed E-state index contributed by atoms with van der Waals surface area (Å²) in [5.74, 6) is -0.181. The highest BCUT2D eigenvalue weighted by Gasteiger charge is 2.14. The third kappa shape index (κ3) is 3.51. The van der Waals surface area contributed by atoms with Crippen LogP contribution in [0, 0.1) is 5.92 Å². The minimum atomic E-state index is -0.158. The van der Waals surface area contributed by atoms with E-state index in [0.717, 1.165) is 5.56 Å². The number of hydrogen-bond donors (Lipinski definition) is 2. The number of rotatable bonds is 4. The van der Waals surface area contributed by atoms with E-state index in [0.29, 0.717) is 11.6 Å². The van der Waals surface area contributed by atoms with Crippen molar-refractivity contribution in [3.63, 3.8) is 0 Å². The zero-order valence-corrected chi connectivity index (χ0v) is 10.3. The van der Waals surface area contributed by atoms with Crippen molar-refractivity contribution in [2.75, 3.05) is 6.54 Å². The first-order valence-corrected chi connectivity index (χ1v) is 5.68. The van der Waals surface area contributed by atoms with Gasteiger partial charge in [0, 0.05) is 17.5 Å². The molecule has 2 atom stereocenters. The van der Waals surface area contributed by atoms with Crippen molar-refractivity contribution >= 4 is 17.5 Å². The predicted molar refractivity (Wildman–Crippen MR) is 66.2 cm³/mol. The zero-order chi connectivity index (χ0) is 12.1. The van der Waals surface area contributed by atoms with Crippen molar-refractivity contribution in [1.82, 2.24) is 5.32 Å². The van der Waals surface area contributed by atoms with Crippen LogP contribution in [0.3, 0.4) is 0 Å². The van der Waals surface area contributed by atoms with Gasteiger partial charge in [-0.2, -0.15) is 0 Å². The molecule has 1 unspecified atom stereocenters. The highest BCUT2D eigenvalue weighted by molar-refractivity contribution is 6.30.